The third-order valence-corrected chi connectivity index (χ3v) is 6.33. The molecule has 30 heavy (non-hydrogen) atoms. The van der Waals surface area contributed by atoms with Gasteiger partial charge in [-0.2, -0.15) is 0 Å². The van der Waals surface area contributed by atoms with Crippen LogP contribution in [0, 0.1) is 5.82 Å². The molecule has 160 valence electrons. The summed E-state index contributed by atoms with van der Waals surface area (Å²) in [5.41, 5.74) is 11.2. The SMILES string of the molecule is CCCCCCCCN(C)c1ccc(N)c(-c2nc(Cc3ccc(F)cc3)cs2)c1. The van der Waals surface area contributed by atoms with Crippen LogP contribution in [0.2, 0.25) is 0 Å². The summed E-state index contributed by atoms with van der Waals surface area (Å²) < 4.78 is 13.1. The molecule has 0 aliphatic rings. The lowest BCUT2D eigenvalue weighted by Gasteiger charge is -2.20. The van der Waals surface area contributed by atoms with Gasteiger partial charge in [-0.05, 0) is 42.3 Å². The molecule has 2 N–H and O–H groups in total. The van der Waals surface area contributed by atoms with E-state index in [-0.39, 0.29) is 5.82 Å². The summed E-state index contributed by atoms with van der Waals surface area (Å²) in [7, 11) is 2.14. The molecule has 1 aromatic heterocycles. The third-order valence-electron chi connectivity index (χ3n) is 5.41. The fourth-order valence-electron chi connectivity index (χ4n) is 3.55. The molecule has 2 aromatic carbocycles. The molecule has 0 aliphatic carbocycles. The highest BCUT2D eigenvalue weighted by molar-refractivity contribution is 7.13. The smallest absolute Gasteiger partial charge is 0.125 e. The van der Waals surface area contributed by atoms with Crippen molar-refractivity contribution < 1.29 is 4.39 Å². The maximum Gasteiger partial charge on any atom is 0.125 e. The van der Waals surface area contributed by atoms with E-state index in [1.807, 2.05) is 6.07 Å². The van der Waals surface area contributed by atoms with E-state index in [4.69, 9.17) is 10.7 Å². The van der Waals surface area contributed by atoms with Crippen molar-refractivity contribution in [2.45, 2.75) is 51.9 Å². The summed E-state index contributed by atoms with van der Waals surface area (Å²) >= 11 is 1.60. The number of nitrogens with two attached hydrogens (primary N) is 1. The van der Waals surface area contributed by atoms with Crippen LogP contribution < -0.4 is 10.6 Å². The standard InChI is InChI=1S/C25H32FN3S/c1-3-4-5-6-7-8-15-29(2)22-13-14-24(27)23(17-22)25-28-21(18-30-25)16-19-9-11-20(26)12-10-19/h9-14,17-18H,3-8,15-16,27H2,1-2H3. The van der Waals surface area contributed by atoms with E-state index in [9.17, 15) is 4.39 Å². The maximum atomic E-state index is 13.1. The summed E-state index contributed by atoms with van der Waals surface area (Å²) in [4.78, 5) is 7.09. The highest BCUT2D eigenvalue weighted by Gasteiger charge is 2.11. The zero-order valence-corrected chi connectivity index (χ0v) is 18.9. The lowest BCUT2D eigenvalue weighted by molar-refractivity contribution is 0.606. The van der Waals surface area contributed by atoms with Gasteiger partial charge in [0.1, 0.15) is 10.8 Å². The number of thiazole rings is 1. The number of halogens is 1. The Morgan fingerprint density at radius 2 is 1.73 bits per heavy atom. The van der Waals surface area contributed by atoms with Crippen LogP contribution in [0.4, 0.5) is 15.8 Å². The van der Waals surface area contributed by atoms with Crippen LogP contribution in [0.25, 0.3) is 10.6 Å². The summed E-state index contributed by atoms with van der Waals surface area (Å²) in [5, 5.41) is 2.99. The molecule has 3 nitrogen and oxygen atoms in total. The second-order valence-electron chi connectivity index (χ2n) is 7.91. The minimum absolute atomic E-state index is 0.215. The van der Waals surface area contributed by atoms with E-state index in [1.165, 1.54) is 56.3 Å². The lowest BCUT2D eigenvalue weighted by atomic mass is 10.1. The molecule has 1 heterocycles. The van der Waals surface area contributed by atoms with Crippen molar-refractivity contribution in [1.29, 1.82) is 0 Å². The summed E-state index contributed by atoms with van der Waals surface area (Å²) in [6.45, 7) is 3.30. The molecule has 3 rings (SSSR count). The number of rotatable bonds is 11. The van der Waals surface area contributed by atoms with E-state index < -0.39 is 0 Å². The summed E-state index contributed by atoms with van der Waals surface area (Å²) in [5.74, 6) is -0.215. The lowest BCUT2D eigenvalue weighted by Crippen LogP contribution is -2.18. The molecule has 0 bridgehead atoms. The van der Waals surface area contributed by atoms with Crippen molar-refractivity contribution in [1.82, 2.24) is 4.98 Å². The van der Waals surface area contributed by atoms with Crippen LogP contribution in [-0.4, -0.2) is 18.6 Å². The monoisotopic (exact) mass is 425 g/mol. The minimum Gasteiger partial charge on any atom is -0.398 e. The fourth-order valence-corrected chi connectivity index (χ4v) is 4.41. The van der Waals surface area contributed by atoms with Crippen LogP contribution >= 0.6 is 11.3 Å². The van der Waals surface area contributed by atoms with Crippen molar-refractivity contribution in [3.63, 3.8) is 0 Å². The molecule has 0 fully saturated rings. The average Bonchev–Trinajstić information content (AvgIpc) is 3.20. The van der Waals surface area contributed by atoms with E-state index in [2.05, 4.69) is 36.4 Å². The summed E-state index contributed by atoms with van der Waals surface area (Å²) in [6, 6.07) is 12.8. The Morgan fingerprint density at radius 1 is 1.00 bits per heavy atom. The number of nitrogen functional groups attached to an aromatic ring is 1. The topological polar surface area (TPSA) is 42.1 Å². The van der Waals surface area contributed by atoms with Crippen molar-refractivity contribution in [2.75, 3.05) is 24.2 Å². The van der Waals surface area contributed by atoms with E-state index in [0.717, 1.165) is 34.1 Å². The first-order valence-electron chi connectivity index (χ1n) is 10.9. The first kappa shape index (κ1) is 22.3. The van der Waals surface area contributed by atoms with Gasteiger partial charge in [-0.1, -0.05) is 51.2 Å². The Labute approximate surface area is 183 Å². The number of aromatic nitrogens is 1. The Hall–Kier alpha value is -2.40. The highest BCUT2D eigenvalue weighted by Crippen LogP contribution is 2.33. The molecule has 0 aliphatic heterocycles. The Morgan fingerprint density at radius 3 is 2.50 bits per heavy atom. The van der Waals surface area contributed by atoms with Gasteiger partial charge >= 0.3 is 0 Å². The van der Waals surface area contributed by atoms with Crippen LogP contribution in [0.5, 0.6) is 0 Å². The first-order valence-corrected chi connectivity index (χ1v) is 11.7. The Balaban J connectivity index is 1.63. The minimum atomic E-state index is -0.215. The predicted molar refractivity (Wildman–Crippen MR) is 128 cm³/mol. The molecule has 0 atom stereocenters. The van der Waals surface area contributed by atoms with Gasteiger partial charge < -0.3 is 10.6 Å². The number of unbranched alkanes of at least 4 members (excludes halogenated alkanes) is 5. The molecule has 0 saturated heterocycles. The predicted octanol–water partition coefficient (Wildman–Crippen LogP) is 6.92. The quantitative estimate of drug-likeness (QED) is 0.268. The molecule has 0 radical (unpaired) electrons. The second kappa shape index (κ2) is 11.1. The molecular weight excluding hydrogens is 393 g/mol. The molecule has 0 spiro atoms. The maximum absolute atomic E-state index is 13.1. The largest absolute Gasteiger partial charge is 0.398 e. The third kappa shape index (κ3) is 6.30. The van der Waals surface area contributed by atoms with Gasteiger partial charge in [0.2, 0.25) is 0 Å². The number of hydrogen-bond acceptors (Lipinski definition) is 4. The number of hydrogen-bond donors (Lipinski definition) is 1. The molecule has 0 saturated carbocycles. The van der Waals surface area contributed by atoms with Crippen molar-refractivity contribution in [3.05, 3.63) is 64.9 Å². The molecule has 0 unspecified atom stereocenters. The molecule has 0 amide bonds. The normalized spacial score (nSPS) is 11.0. The highest BCUT2D eigenvalue weighted by atomic mass is 32.1. The van der Waals surface area contributed by atoms with Crippen LogP contribution in [-0.2, 0) is 6.42 Å². The van der Waals surface area contributed by atoms with Gasteiger partial charge in [0.05, 0.1) is 5.69 Å². The van der Waals surface area contributed by atoms with E-state index in [1.54, 1.807) is 23.5 Å². The van der Waals surface area contributed by atoms with Gasteiger partial charge in [0.15, 0.2) is 0 Å². The number of anilines is 2. The molecule has 3 aromatic rings. The van der Waals surface area contributed by atoms with Gasteiger partial charge in [0.25, 0.3) is 0 Å². The zero-order chi connectivity index (χ0) is 21.3. The Kier molecular flexibility index (Phi) is 8.26. The van der Waals surface area contributed by atoms with Gasteiger partial charge in [-0.25, -0.2) is 9.37 Å². The first-order chi connectivity index (χ1) is 14.6. The van der Waals surface area contributed by atoms with Crippen LogP contribution in [0.3, 0.4) is 0 Å². The van der Waals surface area contributed by atoms with Gasteiger partial charge in [-0.15, -0.1) is 11.3 Å². The van der Waals surface area contributed by atoms with Crippen molar-refractivity contribution >= 4 is 22.7 Å². The van der Waals surface area contributed by atoms with Gasteiger partial charge in [-0.3, -0.25) is 0 Å². The van der Waals surface area contributed by atoms with Crippen molar-refractivity contribution in [3.8, 4) is 10.6 Å². The Bertz CT molecular complexity index is 920. The van der Waals surface area contributed by atoms with Gasteiger partial charge in [0, 0.05) is 42.3 Å². The number of benzene rings is 2. The van der Waals surface area contributed by atoms with E-state index >= 15 is 0 Å². The number of nitrogens with zero attached hydrogens (tertiary/aromatic N) is 2. The molecular formula is C25H32FN3S. The fraction of sp³-hybridized carbons (Fsp3) is 0.400. The van der Waals surface area contributed by atoms with Crippen LogP contribution in [0.1, 0.15) is 56.7 Å². The van der Waals surface area contributed by atoms with Crippen molar-refractivity contribution in [2.24, 2.45) is 0 Å². The van der Waals surface area contributed by atoms with E-state index in [0.29, 0.717) is 6.42 Å². The summed E-state index contributed by atoms with van der Waals surface area (Å²) in [6.07, 6.45) is 8.48. The second-order valence-corrected chi connectivity index (χ2v) is 8.77. The molecule has 5 heteroatoms. The van der Waals surface area contributed by atoms with Crippen LogP contribution in [0.15, 0.2) is 47.8 Å². The average molecular weight is 426 g/mol. The zero-order valence-electron chi connectivity index (χ0n) is 18.0.